The van der Waals surface area contributed by atoms with E-state index in [0.717, 1.165) is 33.3 Å². The topological polar surface area (TPSA) is 30.0 Å². The Morgan fingerprint density at radius 1 is 0.895 bits per heavy atom. The van der Waals surface area contributed by atoms with Gasteiger partial charge in [-0.1, -0.05) is 35.9 Å². The molecule has 1 aliphatic carbocycles. The Bertz CT molecular complexity index is 849. The lowest BCUT2D eigenvalue weighted by atomic mass is 10.1. The van der Waals surface area contributed by atoms with Crippen LogP contribution >= 0.6 is 0 Å². The van der Waals surface area contributed by atoms with E-state index < -0.39 is 0 Å². The van der Waals surface area contributed by atoms with Crippen LogP contribution in [0.1, 0.15) is 21.5 Å². The van der Waals surface area contributed by atoms with Crippen LogP contribution < -0.4 is 0 Å². The molecular formula is C17H11NO. The Morgan fingerprint density at radius 2 is 1.68 bits per heavy atom. The Labute approximate surface area is 110 Å². The summed E-state index contributed by atoms with van der Waals surface area (Å²) in [6.07, 6.45) is 0. The molecule has 90 valence electrons. The van der Waals surface area contributed by atoms with Crippen molar-refractivity contribution in [1.29, 1.82) is 0 Å². The second-order valence-electron chi connectivity index (χ2n) is 4.96. The average molecular weight is 245 g/mol. The smallest absolute Gasteiger partial charge is 0.195 e. The van der Waals surface area contributed by atoms with Crippen LogP contribution in [0.4, 0.5) is 0 Å². The molecule has 0 fully saturated rings. The summed E-state index contributed by atoms with van der Waals surface area (Å²) in [5.41, 5.74) is 5.37. The van der Waals surface area contributed by atoms with Crippen molar-refractivity contribution >= 4 is 16.7 Å². The van der Waals surface area contributed by atoms with Crippen LogP contribution in [0.15, 0.2) is 48.5 Å². The van der Waals surface area contributed by atoms with Crippen molar-refractivity contribution in [1.82, 2.24) is 4.98 Å². The Hall–Kier alpha value is -2.48. The first-order chi connectivity index (χ1) is 9.24. The van der Waals surface area contributed by atoms with Crippen molar-refractivity contribution in [3.05, 3.63) is 65.2 Å². The zero-order chi connectivity index (χ0) is 13.0. The van der Waals surface area contributed by atoms with Crippen molar-refractivity contribution in [3.8, 4) is 11.3 Å². The fourth-order valence-electron chi connectivity index (χ4n) is 2.71. The van der Waals surface area contributed by atoms with Gasteiger partial charge in [0.05, 0.1) is 11.2 Å². The molecule has 0 bridgehead atoms. The Morgan fingerprint density at radius 3 is 2.53 bits per heavy atom. The van der Waals surface area contributed by atoms with Crippen molar-refractivity contribution in [2.75, 3.05) is 0 Å². The van der Waals surface area contributed by atoms with Crippen LogP contribution in [-0.2, 0) is 0 Å². The van der Waals surface area contributed by atoms with E-state index in [4.69, 9.17) is 0 Å². The minimum absolute atomic E-state index is 0.0847. The van der Waals surface area contributed by atoms with E-state index in [1.807, 2.05) is 49.4 Å². The van der Waals surface area contributed by atoms with E-state index in [9.17, 15) is 4.79 Å². The number of hydrogen-bond acceptors (Lipinski definition) is 2. The molecule has 0 saturated heterocycles. The number of ketones is 1. The van der Waals surface area contributed by atoms with Crippen LogP contribution in [0.25, 0.3) is 22.2 Å². The predicted molar refractivity (Wildman–Crippen MR) is 75.3 cm³/mol. The number of fused-ring (bicyclic) bond motifs is 4. The molecule has 0 aliphatic heterocycles. The second-order valence-corrected chi connectivity index (χ2v) is 4.96. The summed E-state index contributed by atoms with van der Waals surface area (Å²) in [4.78, 5) is 17.0. The number of rotatable bonds is 0. The van der Waals surface area contributed by atoms with Crippen molar-refractivity contribution in [2.24, 2.45) is 0 Å². The molecule has 2 heteroatoms. The summed E-state index contributed by atoms with van der Waals surface area (Å²) >= 11 is 0. The third-order valence-electron chi connectivity index (χ3n) is 3.64. The summed E-state index contributed by atoms with van der Waals surface area (Å²) in [7, 11) is 0. The molecule has 1 aliphatic rings. The molecule has 0 N–H and O–H groups in total. The van der Waals surface area contributed by atoms with E-state index >= 15 is 0 Å². The summed E-state index contributed by atoms with van der Waals surface area (Å²) in [6.45, 7) is 2.04. The molecule has 19 heavy (non-hydrogen) atoms. The van der Waals surface area contributed by atoms with Gasteiger partial charge in [0.25, 0.3) is 0 Å². The summed E-state index contributed by atoms with van der Waals surface area (Å²) in [6, 6.07) is 15.8. The number of hydrogen-bond donors (Lipinski definition) is 0. The summed E-state index contributed by atoms with van der Waals surface area (Å²) < 4.78 is 0. The lowest BCUT2D eigenvalue weighted by Gasteiger charge is -2.03. The fourth-order valence-corrected chi connectivity index (χ4v) is 2.71. The van der Waals surface area contributed by atoms with Gasteiger partial charge < -0.3 is 0 Å². The monoisotopic (exact) mass is 245 g/mol. The van der Waals surface area contributed by atoms with Gasteiger partial charge in [-0.25, -0.2) is 4.98 Å². The van der Waals surface area contributed by atoms with E-state index in [-0.39, 0.29) is 5.78 Å². The van der Waals surface area contributed by atoms with Gasteiger partial charge in [0.15, 0.2) is 5.78 Å². The van der Waals surface area contributed by atoms with Crippen LogP contribution in [0, 0.1) is 6.92 Å². The molecule has 0 saturated carbocycles. The Balaban J connectivity index is 2.11. The molecule has 0 unspecified atom stereocenters. The van der Waals surface area contributed by atoms with E-state index in [0.29, 0.717) is 0 Å². The lowest BCUT2D eigenvalue weighted by molar-refractivity contribution is 0.104. The van der Waals surface area contributed by atoms with Gasteiger partial charge >= 0.3 is 0 Å². The molecular weight excluding hydrogens is 234 g/mol. The minimum atomic E-state index is 0.0847. The van der Waals surface area contributed by atoms with Gasteiger partial charge in [-0.05, 0) is 25.1 Å². The molecule has 0 amide bonds. The molecule has 2 aromatic carbocycles. The molecule has 0 atom stereocenters. The SMILES string of the molecule is Cc1ccc2nc3c(cc2c1)C(=O)c1ccccc1-3. The van der Waals surface area contributed by atoms with E-state index in [2.05, 4.69) is 11.1 Å². The van der Waals surface area contributed by atoms with Crippen molar-refractivity contribution < 1.29 is 4.79 Å². The third kappa shape index (κ3) is 1.37. The second kappa shape index (κ2) is 3.51. The van der Waals surface area contributed by atoms with Crippen LogP contribution in [0.3, 0.4) is 0 Å². The summed E-state index contributed by atoms with van der Waals surface area (Å²) in [5, 5.41) is 1.03. The van der Waals surface area contributed by atoms with Crippen LogP contribution in [0.2, 0.25) is 0 Å². The maximum Gasteiger partial charge on any atom is 0.195 e. The number of aryl methyl sites for hydroxylation is 1. The molecule has 1 aromatic heterocycles. The minimum Gasteiger partial charge on any atom is -0.289 e. The highest BCUT2D eigenvalue weighted by Crippen LogP contribution is 2.36. The van der Waals surface area contributed by atoms with Crippen molar-refractivity contribution in [3.63, 3.8) is 0 Å². The molecule has 2 nitrogen and oxygen atoms in total. The quantitative estimate of drug-likeness (QED) is 0.472. The number of pyridine rings is 1. The highest BCUT2D eigenvalue weighted by Gasteiger charge is 2.27. The maximum absolute atomic E-state index is 12.4. The fraction of sp³-hybridized carbons (Fsp3) is 0.0588. The van der Waals surface area contributed by atoms with Gasteiger partial charge in [0.2, 0.25) is 0 Å². The zero-order valence-corrected chi connectivity index (χ0v) is 10.5. The Kier molecular flexibility index (Phi) is 1.93. The van der Waals surface area contributed by atoms with Crippen molar-refractivity contribution in [2.45, 2.75) is 6.92 Å². The van der Waals surface area contributed by atoms with E-state index in [1.54, 1.807) is 0 Å². The molecule has 0 spiro atoms. The summed E-state index contributed by atoms with van der Waals surface area (Å²) in [5.74, 6) is 0.0847. The van der Waals surface area contributed by atoms with E-state index in [1.165, 1.54) is 5.56 Å². The highest BCUT2D eigenvalue weighted by molar-refractivity contribution is 6.22. The maximum atomic E-state index is 12.4. The molecule has 0 radical (unpaired) electrons. The normalized spacial score (nSPS) is 12.6. The first kappa shape index (κ1) is 10.4. The number of carbonyl (C=O) groups excluding carboxylic acids is 1. The molecule has 4 rings (SSSR count). The third-order valence-corrected chi connectivity index (χ3v) is 3.64. The number of carbonyl (C=O) groups is 1. The van der Waals surface area contributed by atoms with Crippen LogP contribution in [-0.4, -0.2) is 10.8 Å². The predicted octanol–water partition coefficient (Wildman–Crippen LogP) is 3.75. The standard InChI is InChI=1S/C17H11NO/c1-10-6-7-15-11(8-10)9-14-16(18-15)12-4-2-3-5-13(12)17(14)19/h2-9H,1H3. The van der Waals surface area contributed by atoms with Gasteiger partial charge in [-0.3, -0.25) is 4.79 Å². The number of benzene rings is 2. The number of nitrogens with zero attached hydrogens (tertiary/aromatic N) is 1. The molecule has 1 heterocycles. The zero-order valence-electron chi connectivity index (χ0n) is 10.5. The van der Waals surface area contributed by atoms with Crippen LogP contribution in [0.5, 0.6) is 0 Å². The first-order valence-electron chi connectivity index (χ1n) is 6.29. The van der Waals surface area contributed by atoms with Gasteiger partial charge in [-0.2, -0.15) is 0 Å². The average Bonchev–Trinajstić information content (AvgIpc) is 2.70. The largest absolute Gasteiger partial charge is 0.289 e. The highest BCUT2D eigenvalue weighted by atomic mass is 16.1. The van der Waals surface area contributed by atoms with Gasteiger partial charge in [0, 0.05) is 22.1 Å². The van der Waals surface area contributed by atoms with Gasteiger partial charge in [0.1, 0.15) is 0 Å². The van der Waals surface area contributed by atoms with Gasteiger partial charge in [-0.15, -0.1) is 0 Å². The first-order valence-corrected chi connectivity index (χ1v) is 6.29. The molecule has 3 aromatic rings. The lowest BCUT2D eigenvalue weighted by Crippen LogP contribution is -1.95. The number of aromatic nitrogens is 1.